The molecule has 2 aromatic carbocycles. The lowest BCUT2D eigenvalue weighted by molar-refractivity contribution is -0.120. The van der Waals surface area contributed by atoms with E-state index in [0.29, 0.717) is 5.56 Å². The van der Waals surface area contributed by atoms with Gasteiger partial charge in [0.15, 0.2) is 0 Å². The van der Waals surface area contributed by atoms with Gasteiger partial charge < -0.3 is 5.32 Å². The van der Waals surface area contributed by atoms with E-state index in [1.165, 1.54) is 6.21 Å². The van der Waals surface area contributed by atoms with E-state index < -0.39 is 5.91 Å². The van der Waals surface area contributed by atoms with Crippen LogP contribution in [0.15, 0.2) is 72.0 Å². The smallest absolute Gasteiger partial charge is 0.259 e. The number of rotatable bonds is 6. The van der Waals surface area contributed by atoms with Crippen LogP contribution in [0.4, 0.5) is 0 Å². The summed E-state index contributed by atoms with van der Waals surface area (Å²) in [6.45, 7) is -0.165. The van der Waals surface area contributed by atoms with E-state index in [1.54, 1.807) is 30.5 Å². The van der Waals surface area contributed by atoms with Gasteiger partial charge in [0.1, 0.15) is 0 Å². The number of nitrogens with one attached hydrogen (secondary N) is 3. The fourth-order valence-electron chi connectivity index (χ4n) is 2.29. The third-order valence-electron chi connectivity index (χ3n) is 3.57. The fraction of sp³-hybridized carbons (Fsp3) is 0.0526. The molecule has 0 aliphatic rings. The number of aromatic amines is 1. The Balaban J connectivity index is 1.52. The normalized spacial score (nSPS) is 10.6. The molecule has 3 aromatic rings. The molecule has 1 aromatic heterocycles. The number of aromatic nitrogens is 2. The fourth-order valence-corrected chi connectivity index (χ4v) is 2.29. The van der Waals surface area contributed by atoms with Crippen molar-refractivity contribution < 1.29 is 9.59 Å². The second kappa shape index (κ2) is 8.39. The molecule has 0 fully saturated rings. The number of hydrogen-bond donors (Lipinski definition) is 3. The number of benzene rings is 2. The quantitative estimate of drug-likeness (QED) is 0.469. The van der Waals surface area contributed by atoms with Gasteiger partial charge in [-0.3, -0.25) is 14.7 Å². The molecular formula is C19H17N5O2. The van der Waals surface area contributed by atoms with E-state index in [-0.39, 0.29) is 12.5 Å². The Kier molecular flexibility index (Phi) is 5.51. The highest BCUT2D eigenvalue weighted by Gasteiger charge is 2.07. The van der Waals surface area contributed by atoms with Crippen LogP contribution in [-0.4, -0.2) is 34.8 Å². The van der Waals surface area contributed by atoms with Gasteiger partial charge >= 0.3 is 0 Å². The second-order valence-corrected chi connectivity index (χ2v) is 5.41. The zero-order valence-corrected chi connectivity index (χ0v) is 13.8. The molecule has 0 spiro atoms. The molecule has 0 unspecified atom stereocenters. The van der Waals surface area contributed by atoms with Gasteiger partial charge in [-0.25, -0.2) is 5.43 Å². The van der Waals surface area contributed by atoms with Gasteiger partial charge in [0.25, 0.3) is 11.8 Å². The summed E-state index contributed by atoms with van der Waals surface area (Å²) < 4.78 is 0. The molecule has 3 N–H and O–H groups in total. The molecule has 7 nitrogen and oxygen atoms in total. The summed E-state index contributed by atoms with van der Waals surface area (Å²) in [6, 6.07) is 18.4. The Hall–Kier alpha value is -3.74. The highest BCUT2D eigenvalue weighted by atomic mass is 16.2. The SMILES string of the molecule is O=C(CNC(=O)c1ccccc1)N/N=C/c1cn[nH]c1-c1ccccc1. The standard InChI is InChI=1S/C19H17N5O2/c25-17(13-20-19(26)15-9-5-2-6-10-15)23-21-11-16-12-22-24-18(16)14-7-3-1-4-8-14/h1-12H,13H2,(H,20,26)(H,22,24)(H,23,25)/b21-11+. The van der Waals surface area contributed by atoms with Crippen LogP contribution in [0.5, 0.6) is 0 Å². The molecule has 0 saturated heterocycles. The van der Waals surface area contributed by atoms with E-state index in [2.05, 4.69) is 26.0 Å². The maximum atomic E-state index is 11.9. The van der Waals surface area contributed by atoms with Crippen molar-refractivity contribution in [3.63, 3.8) is 0 Å². The minimum atomic E-state index is -0.421. The number of H-pyrrole nitrogens is 1. The largest absolute Gasteiger partial charge is 0.343 e. The monoisotopic (exact) mass is 347 g/mol. The zero-order chi connectivity index (χ0) is 18.2. The van der Waals surface area contributed by atoms with E-state index >= 15 is 0 Å². The summed E-state index contributed by atoms with van der Waals surface area (Å²) in [5.41, 5.74) is 5.39. The first-order valence-corrected chi connectivity index (χ1v) is 7.98. The van der Waals surface area contributed by atoms with Gasteiger partial charge in [0.05, 0.1) is 24.7 Å². The zero-order valence-electron chi connectivity index (χ0n) is 13.8. The van der Waals surface area contributed by atoms with Gasteiger partial charge in [-0.05, 0) is 12.1 Å². The van der Waals surface area contributed by atoms with Crippen molar-refractivity contribution in [1.29, 1.82) is 0 Å². The predicted octanol–water partition coefficient (Wildman–Crippen LogP) is 1.96. The molecule has 3 rings (SSSR count). The van der Waals surface area contributed by atoms with E-state index in [1.807, 2.05) is 36.4 Å². The van der Waals surface area contributed by atoms with Gasteiger partial charge in [-0.2, -0.15) is 10.2 Å². The lowest BCUT2D eigenvalue weighted by Gasteiger charge is -2.04. The topological polar surface area (TPSA) is 99.2 Å². The van der Waals surface area contributed by atoms with E-state index in [9.17, 15) is 9.59 Å². The molecule has 0 saturated carbocycles. The first kappa shape index (κ1) is 17.1. The van der Waals surface area contributed by atoms with Crippen LogP contribution in [0.3, 0.4) is 0 Å². The summed E-state index contributed by atoms with van der Waals surface area (Å²) in [5, 5.41) is 13.4. The number of hydrazone groups is 1. The molecule has 7 heteroatoms. The lowest BCUT2D eigenvalue weighted by Crippen LogP contribution is -2.34. The van der Waals surface area contributed by atoms with Gasteiger partial charge in [0.2, 0.25) is 0 Å². The number of carbonyl (C=O) groups excluding carboxylic acids is 2. The third kappa shape index (κ3) is 4.41. The van der Waals surface area contributed by atoms with Crippen molar-refractivity contribution in [3.8, 4) is 11.3 Å². The molecule has 0 aliphatic carbocycles. The third-order valence-corrected chi connectivity index (χ3v) is 3.57. The first-order valence-electron chi connectivity index (χ1n) is 7.98. The maximum absolute atomic E-state index is 11.9. The highest BCUT2D eigenvalue weighted by Crippen LogP contribution is 2.18. The summed E-state index contributed by atoms with van der Waals surface area (Å²) >= 11 is 0. The minimum absolute atomic E-state index is 0.165. The Bertz CT molecular complexity index is 904. The molecule has 130 valence electrons. The van der Waals surface area contributed by atoms with Crippen LogP contribution in [0.2, 0.25) is 0 Å². The van der Waals surface area contributed by atoms with Crippen molar-refractivity contribution in [1.82, 2.24) is 20.9 Å². The van der Waals surface area contributed by atoms with Gasteiger partial charge in [-0.1, -0.05) is 48.5 Å². The Morgan fingerprint density at radius 3 is 2.46 bits per heavy atom. The lowest BCUT2D eigenvalue weighted by atomic mass is 10.1. The van der Waals surface area contributed by atoms with Crippen molar-refractivity contribution in [3.05, 3.63) is 78.0 Å². The van der Waals surface area contributed by atoms with Crippen LogP contribution in [0.1, 0.15) is 15.9 Å². The molecule has 0 aliphatic heterocycles. The van der Waals surface area contributed by atoms with Crippen LogP contribution >= 0.6 is 0 Å². The van der Waals surface area contributed by atoms with Crippen molar-refractivity contribution >= 4 is 18.0 Å². The molecular weight excluding hydrogens is 330 g/mol. The van der Waals surface area contributed by atoms with Gasteiger partial charge in [-0.15, -0.1) is 0 Å². The summed E-state index contributed by atoms with van der Waals surface area (Å²) in [7, 11) is 0. The Labute approximate surface area is 150 Å². The predicted molar refractivity (Wildman–Crippen MR) is 98.5 cm³/mol. The Morgan fingerprint density at radius 1 is 1.04 bits per heavy atom. The minimum Gasteiger partial charge on any atom is -0.343 e. The number of hydrogen-bond acceptors (Lipinski definition) is 4. The molecule has 0 bridgehead atoms. The van der Waals surface area contributed by atoms with Crippen molar-refractivity contribution in [2.45, 2.75) is 0 Å². The summed E-state index contributed by atoms with van der Waals surface area (Å²) in [6.07, 6.45) is 3.12. The van der Waals surface area contributed by atoms with Crippen LogP contribution in [-0.2, 0) is 4.79 Å². The number of amides is 2. The number of nitrogens with zero attached hydrogens (tertiary/aromatic N) is 2. The summed E-state index contributed by atoms with van der Waals surface area (Å²) in [4.78, 5) is 23.7. The maximum Gasteiger partial charge on any atom is 0.259 e. The van der Waals surface area contributed by atoms with Crippen LogP contribution in [0.25, 0.3) is 11.3 Å². The average Bonchev–Trinajstić information content (AvgIpc) is 3.16. The molecule has 2 amide bonds. The van der Waals surface area contributed by atoms with Crippen LogP contribution < -0.4 is 10.7 Å². The Morgan fingerprint density at radius 2 is 1.73 bits per heavy atom. The highest BCUT2D eigenvalue weighted by molar-refractivity contribution is 5.96. The first-order chi connectivity index (χ1) is 12.7. The van der Waals surface area contributed by atoms with E-state index in [4.69, 9.17) is 0 Å². The molecule has 26 heavy (non-hydrogen) atoms. The second-order valence-electron chi connectivity index (χ2n) is 5.41. The summed E-state index contributed by atoms with van der Waals surface area (Å²) in [5.74, 6) is -0.735. The molecule has 0 radical (unpaired) electrons. The van der Waals surface area contributed by atoms with Crippen molar-refractivity contribution in [2.75, 3.05) is 6.54 Å². The molecule has 0 atom stereocenters. The average molecular weight is 347 g/mol. The molecule has 1 heterocycles. The van der Waals surface area contributed by atoms with Crippen molar-refractivity contribution in [2.24, 2.45) is 5.10 Å². The van der Waals surface area contributed by atoms with E-state index in [0.717, 1.165) is 16.8 Å². The van der Waals surface area contributed by atoms with Crippen LogP contribution in [0, 0.1) is 0 Å². The van der Waals surface area contributed by atoms with Gasteiger partial charge in [0, 0.05) is 16.7 Å². The number of carbonyl (C=O) groups is 2.